The van der Waals surface area contributed by atoms with Crippen LogP contribution >= 0.6 is 12.8 Å². The molecule has 2 aliphatic heterocycles. The van der Waals surface area contributed by atoms with E-state index in [1.165, 1.54) is 12.1 Å². The van der Waals surface area contributed by atoms with Crippen LogP contribution in [0.3, 0.4) is 0 Å². The number of halogens is 4. The summed E-state index contributed by atoms with van der Waals surface area (Å²) >= 11 is 3.54. The van der Waals surface area contributed by atoms with Gasteiger partial charge in [-0.1, -0.05) is 90.8 Å². The molecule has 0 aromatic heterocycles. The highest BCUT2D eigenvalue weighted by Gasteiger charge is 2.33. The third-order valence-corrected chi connectivity index (χ3v) is 9.40. The summed E-state index contributed by atoms with van der Waals surface area (Å²) in [6, 6.07) is 17.2. The molecular formula is C42H61F4N5O3S. The SMILES string of the molecule is C.CC.CC.CC1Nc2cc(-c3ccc(C4=CC[C@H](N5CCCCC5)CC(C(=O)Nc5ccc(C(F)(F)F)cc5F)C4)cc3)ccc2N1C.CNS.O=CO. The molecule has 1 amide bonds. The second-order valence-corrected chi connectivity index (χ2v) is 13.1. The van der Waals surface area contributed by atoms with E-state index < -0.39 is 23.5 Å². The first-order valence-corrected chi connectivity index (χ1v) is 19.1. The van der Waals surface area contributed by atoms with Gasteiger partial charge in [0.15, 0.2) is 0 Å². The van der Waals surface area contributed by atoms with Crippen LogP contribution in [0.2, 0.25) is 0 Å². The van der Waals surface area contributed by atoms with E-state index in [-0.39, 0.29) is 37.7 Å². The topological polar surface area (TPSA) is 96.9 Å². The minimum absolute atomic E-state index is 0. The summed E-state index contributed by atoms with van der Waals surface area (Å²) in [7, 11) is 3.81. The van der Waals surface area contributed by atoms with Crippen molar-refractivity contribution in [1.82, 2.24) is 9.62 Å². The maximum Gasteiger partial charge on any atom is 0.416 e. The first kappa shape index (κ1) is 48.9. The maximum absolute atomic E-state index is 14.6. The first-order valence-electron chi connectivity index (χ1n) is 18.6. The van der Waals surface area contributed by atoms with E-state index in [0.29, 0.717) is 18.9 Å². The maximum atomic E-state index is 14.6. The summed E-state index contributed by atoms with van der Waals surface area (Å²) in [6.45, 7) is 11.8. The third kappa shape index (κ3) is 13.9. The van der Waals surface area contributed by atoms with Gasteiger partial charge in [0.2, 0.25) is 5.91 Å². The van der Waals surface area contributed by atoms with Crippen molar-refractivity contribution in [2.45, 2.75) is 99.0 Å². The number of allylic oxidation sites excluding steroid dienone is 1. The van der Waals surface area contributed by atoms with E-state index in [1.807, 2.05) is 27.7 Å². The lowest BCUT2D eigenvalue weighted by Gasteiger charge is -2.35. The van der Waals surface area contributed by atoms with Gasteiger partial charge in [-0.15, -0.1) is 0 Å². The number of hydrogen-bond donors (Lipinski definition) is 5. The molecule has 4 N–H and O–H groups in total. The molecule has 3 aliphatic rings. The van der Waals surface area contributed by atoms with Gasteiger partial charge < -0.3 is 25.5 Å². The Labute approximate surface area is 331 Å². The summed E-state index contributed by atoms with van der Waals surface area (Å²) in [6.07, 6.45) is 3.11. The Morgan fingerprint density at radius 2 is 1.51 bits per heavy atom. The number of nitrogens with zero attached hydrogens (tertiary/aromatic N) is 2. The zero-order chi connectivity index (χ0) is 40.4. The zero-order valence-electron chi connectivity index (χ0n) is 32.4. The normalized spacial score (nSPS) is 18.8. The molecule has 1 saturated heterocycles. The van der Waals surface area contributed by atoms with Gasteiger partial charge >= 0.3 is 6.18 Å². The number of carbonyl (C=O) groups excluding carboxylic acids is 1. The molecule has 0 saturated carbocycles. The van der Waals surface area contributed by atoms with Crippen molar-refractivity contribution in [2.75, 3.05) is 42.7 Å². The van der Waals surface area contributed by atoms with Crippen LogP contribution in [0.15, 0.2) is 66.7 Å². The van der Waals surface area contributed by atoms with Crippen molar-refractivity contribution >= 4 is 47.8 Å². The lowest BCUT2D eigenvalue weighted by molar-refractivity contribution is -0.137. The number of alkyl halides is 3. The van der Waals surface area contributed by atoms with Crippen molar-refractivity contribution < 1.29 is 32.3 Å². The van der Waals surface area contributed by atoms with Crippen LogP contribution < -0.4 is 20.3 Å². The number of carbonyl (C=O) groups is 2. The number of rotatable bonds is 5. The van der Waals surface area contributed by atoms with Gasteiger partial charge in [0, 0.05) is 19.0 Å². The van der Waals surface area contributed by atoms with Gasteiger partial charge in [0.1, 0.15) is 5.82 Å². The Morgan fingerprint density at radius 3 is 2.07 bits per heavy atom. The summed E-state index contributed by atoms with van der Waals surface area (Å²) in [4.78, 5) is 26.6. The second-order valence-electron chi connectivity index (χ2n) is 12.6. The average molecular weight is 792 g/mol. The van der Waals surface area contributed by atoms with Gasteiger partial charge in [0.25, 0.3) is 6.47 Å². The largest absolute Gasteiger partial charge is 0.483 e. The molecule has 1 aliphatic carbocycles. The Morgan fingerprint density at radius 1 is 0.945 bits per heavy atom. The number of carboxylic acid groups (broad SMARTS) is 1. The summed E-state index contributed by atoms with van der Waals surface area (Å²) < 4.78 is 56.3. The zero-order valence-corrected chi connectivity index (χ0v) is 33.3. The van der Waals surface area contributed by atoms with E-state index >= 15 is 0 Å². The van der Waals surface area contributed by atoms with Crippen LogP contribution in [0.5, 0.6) is 0 Å². The Bertz CT molecular complexity index is 1630. The van der Waals surface area contributed by atoms with Crippen molar-refractivity contribution in [3.63, 3.8) is 0 Å². The van der Waals surface area contributed by atoms with Crippen LogP contribution in [0.1, 0.15) is 91.7 Å². The lowest BCUT2D eigenvalue weighted by Crippen LogP contribution is -2.41. The molecule has 13 heteroatoms. The van der Waals surface area contributed by atoms with Crippen molar-refractivity contribution in [3.05, 3.63) is 83.7 Å². The average Bonchev–Trinajstić information content (AvgIpc) is 3.31. The Kier molecular flexibility index (Phi) is 21.8. The Balaban J connectivity index is 0.00000126. The number of fused-ring (bicyclic) bond motifs is 1. The fourth-order valence-electron chi connectivity index (χ4n) is 6.73. The molecule has 55 heavy (non-hydrogen) atoms. The Hall–Kier alpha value is -4.07. The fraction of sp³-hybridized carbons (Fsp3) is 0.476. The number of nitrogens with one attached hydrogen (secondary N) is 3. The molecule has 8 nitrogen and oxygen atoms in total. The van der Waals surface area contributed by atoms with Gasteiger partial charge in [0.05, 0.1) is 28.8 Å². The molecule has 2 unspecified atom stereocenters. The molecule has 1 fully saturated rings. The van der Waals surface area contributed by atoms with Gasteiger partial charge in [-0.3, -0.25) is 14.3 Å². The lowest BCUT2D eigenvalue weighted by atomic mass is 9.90. The van der Waals surface area contributed by atoms with E-state index in [2.05, 4.69) is 100 Å². The molecule has 0 spiro atoms. The van der Waals surface area contributed by atoms with Crippen LogP contribution in [-0.4, -0.2) is 61.8 Å². The highest BCUT2D eigenvalue weighted by atomic mass is 32.1. The monoisotopic (exact) mass is 791 g/mol. The minimum atomic E-state index is -4.66. The fourth-order valence-corrected chi connectivity index (χ4v) is 6.73. The van der Waals surface area contributed by atoms with E-state index in [4.69, 9.17) is 9.90 Å². The smallest absolute Gasteiger partial charge is 0.416 e. The quantitative estimate of drug-likeness (QED) is 0.0997. The van der Waals surface area contributed by atoms with Gasteiger partial charge in [-0.25, -0.2) is 4.39 Å². The molecule has 0 bridgehead atoms. The van der Waals surface area contributed by atoms with Crippen LogP contribution in [-0.2, 0) is 15.8 Å². The molecule has 6 rings (SSSR count). The highest BCUT2D eigenvalue weighted by Crippen LogP contribution is 2.38. The molecule has 3 aromatic rings. The number of benzene rings is 3. The van der Waals surface area contributed by atoms with Gasteiger partial charge in [-0.2, -0.15) is 13.2 Å². The van der Waals surface area contributed by atoms with E-state index in [1.54, 1.807) is 7.05 Å². The molecule has 2 heterocycles. The van der Waals surface area contributed by atoms with E-state index in [9.17, 15) is 22.4 Å². The van der Waals surface area contributed by atoms with Crippen LogP contribution in [0.25, 0.3) is 16.7 Å². The van der Waals surface area contributed by atoms with Gasteiger partial charge in [-0.05, 0) is 112 Å². The number of likely N-dealkylation sites (tertiary alicyclic amines) is 1. The summed E-state index contributed by atoms with van der Waals surface area (Å²) in [5.41, 5.74) is 5.24. The minimum Gasteiger partial charge on any atom is -0.483 e. The summed E-state index contributed by atoms with van der Waals surface area (Å²) in [5.74, 6) is -1.93. The van der Waals surface area contributed by atoms with Crippen LogP contribution in [0, 0.1) is 11.7 Å². The third-order valence-electron chi connectivity index (χ3n) is 9.40. The molecule has 3 aromatic carbocycles. The number of hydrogen-bond acceptors (Lipinski definition) is 7. The number of thiol groups is 1. The van der Waals surface area contributed by atoms with Crippen molar-refractivity contribution in [1.29, 1.82) is 0 Å². The standard InChI is InChI=1S/C35H38F4N4O.2C2H6.CH5NS.CH2O2.CH4/c1-22-40-32-20-26(11-15-33(32)42(22)2)24-8-6-23(7-9-24)25-10-13-29(43-16-4-3-5-17-43)19-27(18-25)34(44)41-31-14-12-28(21-30(31)36)35(37,38)39;2*1-2;1-2-3;2-1-3;/h6-12,14-15,20-22,27,29,40H,3-5,13,16-19H2,1-2H3,(H,41,44);2*1-2H3;2-3H,1H3;1H,(H,2,3);1H4/t22?,27?,29-;;;;;/m0...../s1. The number of amides is 1. The first-order chi connectivity index (χ1) is 25.9. The molecule has 0 radical (unpaired) electrons. The summed E-state index contributed by atoms with van der Waals surface area (Å²) in [5, 5.41) is 13.0. The van der Waals surface area contributed by atoms with Crippen LogP contribution in [0.4, 0.5) is 34.6 Å². The predicted molar refractivity (Wildman–Crippen MR) is 224 cm³/mol. The molecule has 306 valence electrons. The predicted octanol–water partition coefficient (Wildman–Crippen LogP) is 10.8. The number of anilines is 3. The van der Waals surface area contributed by atoms with Crippen molar-refractivity contribution in [2.24, 2.45) is 5.92 Å². The molecule has 3 atom stereocenters. The second kappa shape index (κ2) is 24.4. The van der Waals surface area contributed by atoms with Crippen molar-refractivity contribution in [3.8, 4) is 11.1 Å². The molecular weight excluding hydrogens is 731 g/mol. The highest BCUT2D eigenvalue weighted by molar-refractivity contribution is 7.78. The van der Waals surface area contributed by atoms with E-state index in [0.717, 1.165) is 72.4 Å². The number of piperidine rings is 1.